The fraction of sp³-hybridized carbons (Fsp3) is 0.375. The largest absolute Gasteiger partial charge is 0.357 e. The first-order valence-corrected chi connectivity index (χ1v) is 10.9. The Bertz CT molecular complexity index is 809. The second-order valence-corrected chi connectivity index (χ2v) is 8.92. The van der Waals surface area contributed by atoms with Crippen LogP contribution in [-0.4, -0.2) is 45.5 Å². The molecule has 0 saturated heterocycles. The van der Waals surface area contributed by atoms with Gasteiger partial charge in [-0.1, -0.05) is 17.7 Å². The zero-order valence-electron chi connectivity index (χ0n) is 14.4. The highest BCUT2D eigenvalue weighted by Crippen LogP contribution is 2.25. The average molecular weight is 416 g/mol. The first-order valence-electron chi connectivity index (χ1n) is 8.18. The molecule has 0 bridgehead atoms. The highest BCUT2D eigenvalue weighted by Gasteiger charge is 2.15. The van der Waals surface area contributed by atoms with Gasteiger partial charge in [-0.05, 0) is 31.2 Å². The lowest BCUT2D eigenvalue weighted by atomic mass is 10.3. The molecule has 2 aromatic heterocycles. The van der Waals surface area contributed by atoms with Crippen molar-refractivity contribution in [2.75, 3.05) is 26.2 Å². The van der Waals surface area contributed by atoms with Crippen LogP contribution in [0, 0.1) is 0 Å². The highest BCUT2D eigenvalue weighted by atomic mass is 35.5. The topological polar surface area (TPSA) is 95.5 Å². The van der Waals surface area contributed by atoms with E-state index in [1.54, 1.807) is 12.3 Å². The van der Waals surface area contributed by atoms with Crippen molar-refractivity contribution < 1.29 is 8.42 Å². The summed E-state index contributed by atoms with van der Waals surface area (Å²) in [6.07, 6.45) is 2.54. The van der Waals surface area contributed by atoms with Crippen LogP contribution in [0.25, 0.3) is 0 Å². The fourth-order valence-electron chi connectivity index (χ4n) is 2.06. The Morgan fingerprint density at radius 1 is 1.23 bits per heavy atom. The molecule has 0 aliphatic rings. The summed E-state index contributed by atoms with van der Waals surface area (Å²) in [7, 11) is -3.54. The summed E-state index contributed by atoms with van der Waals surface area (Å²) in [4.78, 5) is 8.64. The minimum Gasteiger partial charge on any atom is -0.357 e. The summed E-state index contributed by atoms with van der Waals surface area (Å²) >= 11 is 6.81. The smallest absolute Gasteiger partial charge is 0.250 e. The van der Waals surface area contributed by atoms with Gasteiger partial charge in [0.05, 0.1) is 10.9 Å². The van der Waals surface area contributed by atoms with E-state index in [9.17, 15) is 8.42 Å². The molecule has 26 heavy (non-hydrogen) atoms. The highest BCUT2D eigenvalue weighted by molar-refractivity contribution is 7.91. The molecule has 0 radical (unpaired) electrons. The van der Waals surface area contributed by atoms with E-state index in [1.165, 1.54) is 6.07 Å². The Hall–Kier alpha value is -1.68. The number of nitrogens with zero attached hydrogens (tertiary/aromatic N) is 2. The van der Waals surface area contributed by atoms with E-state index >= 15 is 0 Å². The van der Waals surface area contributed by atoms with Gasteiger partial charge in [-0.2, -0.15) is 0 Å². The SMILES string of the molecule is CCNC(=NCCNS(=O)(=O)c1ccc(Cl)s1)NCCc1ccccn1. The van der Waals surface area contributed by atoms with Gasteiger partial charge in [-0.15, -0.1) is 11.3 Å². The van der Waals surface area contributed by atoms with Gasteiger partial charge in [0.2, 0.25) is 10.0 Å². The number of hydrogen-bond acceptors (Lipinski definition) is 5. The summed E-state index contributed by atoms with van der Waals surface area (Å²) in [5, 5.41) is 6.34. The van der Waals surface area contributed by atoms with Crippen molar-refractivity contribution in [1.29, 1.82) is 0 Å². The third kappa shape index (κ3) is 6.91. The predicted octanol–water partition coefficient (Wildman–Crippen LogP) is 1.87. The van der Waals surface area contributed by atoms with E-state index in [2.05, 4.69) is 25.3 Å². The number of pyridine rings is 1. The van der Waals surface area contributed by atoms with Crippen LogP contribution in [0.2, 0.25) is 4.34 Å². The maximum atomic E-state index is 12.1. The minimum atomic E-state index is -3.54. The van der Waals surface area contributed by atoms with Crippen molar-refractivity contribution in [3.05, 3.63) is 46.6 Å². The molecule has 0 aliphatic heterocycles. The van der Waals surface area contributed by atoms with Crippen LogP contribution in [0.5, 0.6) is 0 Å². The van der Waals surface area contributed by atoms with Gasteiger partial charge in [0, 0.05) is 37.9 Å². The standard InChI is InChI=1S/C16H22ClN5O2S2/c1-2-18-16(20-10-8-13-5-3-4-9-19-13)21-11-12-22-26(23,24)15-7-6-14(17)25-15/h3-7,9,22H,2,8,10-12H2,1H3,(H2,18,20,21). The lowest BCUT2D eigenvalue weighted by molar-refractivity contribution is 0.584. The van der Waals surface area contributed by atoms with Crippen molar-refractivity contribution in [3.63, 3.8) is 0 Å². The van der Waals surface area contributed by atoms with Crippen LogP contribution < -0.4 is 15.4 Å². The van der Waals surface area contributed by atoms with Gasteiger partial charge >= 0.3 is 0 Å². The summed E-state index contributed by atoms with van der Waals surface area (Å²) < 4.78 is 27.4. The van der Waals surface area contributed by atoms with E-state index in [4.69, 9.17) is 11.6 Å². The van der Waals surface area contributed by atoms with E-state index in [0.29, 0.717) is 23.4 Å². The number of hydrogen-bond donors (Lipinski definition) is 3. The normalized spacial score (nSPS) is 12.2. The van der Waals surface area contributed by atoms with Crippen LogP contribution in [-0.2, 0) is 16.4 Å². The van der Waals surface area contributed by atoms with Crippen molar-refractivity contribution in [2.24, 2.45) is 4.99 Å². The van der Waals surface area contributed by atoms with Gasteiger partial charge in [-0.3, -0.25) is 9.98 Å². The summed E-state index contributed by atoms with van der Waals surface area (Å²) in [6.45, 7) is 3.89. The minimum absolute atomic E-state index is 0.201. The number of aliphatic imine (C=N–C) groups is 1. The van der Waals surface area contributed by atoms with E-state index in [1.807, 2.05) is 25.1 Å². The Balaban J connectivity index is 1.79. The van der Waals surface area contributed by atoms with Crippen molar-refractivity contribution in [3.8, 4) is 0 Å². The molecule has 0 fully saturated rings. The van der Waals surface area contributed by atoms with Gasteiger partial charge in [-0.25, -0.2) is 13.1 Å². The van der Waals surface area contributed by atoms with Gasteiger partial charge in [0.25, 0.3) is 0 Å². The van der Waals surface area contributed by atoms with Gasteiger partial charge < -0.3 is 10.6 Å². The van der Waals surface area contributed by atoms with Crippen molar-refractivity contribution in [2.45, 2.75) is 17.6 Å². The lowest BCUT2D eigenvalue weighted by Gasteiger charge is -2.11. The van der Waals surface area contributed by atoms with Gasteiger partial charge in [0.15, 0.2) is 5.96 Å². The Morgan fingerprint density at radius 2 is 2.08 bits per heavy atom. The summed E-state index contributed by atoms with van der Waals surface area (Å²) in [5.74, 6) is 0.641. The third-order valence-electron chi connectivity index (χ3n) is 3.23. The molecule has 0 unspecified atom stereocenters. The van der Waals surface area contributed by atoms with Crippen LogP contribution in [0.3, 0.4) is 0 Å². The van der Waals surface area contributed by atoms with Crippen LogP contribution in [0.4, 0.5) is 0 Å². The number of guanidine groups is 1. The molecule has 2 aromatic rings. The molecular weight excluding hydrogens is 394 g/mol. The molecule has 0 aromatic carbocycles. The second kappa shape index (κ2) is 10.5. The van der Waals surface area contributed by atoms with Gasteiger partial charge in [0.1, 0.15) is 4.21 Å². The molecule has 0 amide bonds. The van der Waals surface area contributed by atoms with E-state index in [-0.39, 0.29) is 10.8 Å². The number of aromatic nitrogens is 1. The molecule has 2 rings (SSSR count). The number of sulfonamides is 1. The number of rotatable bonds is 9. The second-order valence-electron chi connectivity index (χ2n) is 5.21. The molecular formula is C16H22ClN5O2S2. The molecule has 3 N–H and O–H groups in total. The van der Waals surface area contributed by atoms with Crippen molar-refractivity contribution >= 4 is 38.9 Å². The lowest BCUT2D eigenvalue weighted by Crippen LogP contribution is -2.39. The first kappa shape index (κ1) is 20.6. The number of thiophene rings is 1. The average Bonchev–Trinajstić information content (AvgIpc) is 3.07. The van der Waals surface area contributed by atoms with Crippen molar-refractivity contribution in [1.82, 2.24) is 20.3 Å². The summed E-state index contributed by atoms with van der Waals surface area (Å²) in [6, 6.07) is 8.86. The maximum Gasteiger partial charge on any atom is 0.250 e. The Morgan fingerprint density at radius 3 is 2.73 bits per heavy atom. The first-order chi connectivity index (χ1) is 12.5. The molecule has 10 heteroatoms. The van der Waals surface area contributed by atoms with E-state index in [0.717, 1.165) is 30.0 Å². The predicted molar refractivity (Wildman–Crippen MR) is 106 cm³/mol. The van der Waals surface area contributed by atoms with Crippen LogP contribution in [0.1, 0.15) is 12.6 Å². The molecule has 2 heterocycles. The molecule has 0 spiro atoms. The summed E-state index contributed by atoms with van der Waals surface area (Å²) in [5.41, 5.74) is 0.998. The molecule has 0 aliphatic carbocycles. The van der Waals surface area contributed by atoms with Crippen LogP contribution >= 0.6 is 22.9 Å². The molecule has 0 saturated carbocycles. The fourth-order valence-corrected chi connectivity index (χ4v) is 4.61. The Kier molecular flexibility index (Phi) is 8.30. The third-order valence-corrected chi connectivity index (χ3v) is 6.42. The zero-order chi connectivity index (χ0) is 18.8. The quantitative estimate of drug-likeness (QED) is 0.330. The number of halogens is 1. The molecule has 0 atom stereocenters. The van der Waals surface area contributed by atoms with Crippen LogP contribution in [0.15, 0.2) is 45.7 Å². The number of nitrogens with one attached hydrogen (secondary N) is 3. The maximum absolute atomic E-state index is 12.1. The molecule has 142 valence electrons. The molecule has 7 nitrogen and oxygen atoms in total. The van der Waals surface area contributed by atoms with E-state index < -0.39 is 10.0 Å². The zero-order valence-corrected chi connectivity index (χ0v) is 16.8. The Labute approximate surface area is 163 Å². The monoisotopic (exact) mass is 415 g/mol.